The number of amides is 1. The number of hydrogen-bond donors (Lipinski definition) is 1. The fourth-order valence-corrected chi connectivity index (χ4v) is 1.31. The Morgan fingerprint density at radius 3 is 3.00 bits per heavy atom. The minimum absolute atomic E-state index is 0.212. The lowest BCUT2D eigenvalue weighted by Gasteiger charge is -2.02. The molecule has 88 valence electrons. The third-order valence-electron chi connectivity index (χ3n) is 2.09. The van der Waals surface area contributed by atoms with Crippen LogP contribution in [0.4, 0.5) is 4.39 Å². The van der Waals surface area contributed by atoms with Crippen molar-refractivity contribution in [1.82, 2.24) is 15.5 Å². The van der Waals surface area contributed by atoms with Gasteiger partial charge in [-0.15, -0.1) is 0 Å². The highest BCUT2D eigenvalue weighted by atomic mass is 19.1. The van der Waals surface area contributed by atoms with E-state index in [2.05, 4.69) is 15.5 Å². The molecule has 0 bridgehead atoms. The molecule has 2 aromatic heterocycles. The zero-order valence-electron chi connectivity index (χ0n) is 9.11. The number of carbonyl (C=O) groups is 1. The zero-order chi connectivity index (χ0) is 12.3. The van der Waals surface area contributed by atoms with E-state index in [1.54, 1.807) is 13.0 Å². The average Bonchev–Trinajstić information content (AvgIpc) is 2.72. The highest BCUT2D eigenvalue weighted by Gasteiger charge is 2.08. The molecule has 1 amide bonds. The Morgan fingerprint density at radius 1 is 1.53 bits per heavy atom. The number of nitrogens with one attached hydrogen (secondary N) is 1. The lowest BCUT2D eigenvalue weighted by Crippen LogP contribution is -2.22. The first-order valence-electron chi connectivity index (χ1n) is 4.97. The SMILES string of the molecule is Cc1cc(CNC(=O)c2ccnc(F)c2)on1. The third kappa shape index (κ3) is 2.87. The van der Waals surface area contributed by atoms with Crippen molar-refractivity contribution in [1.29, 1.82) is 0 Å². The largest absolute Gasteiger partial charge is 0.359 e. The van der Waals surface area contributed by atoms with Crippen LogP contribution in [0.2, 0.25) is 0 Å². The van der Waals surface area contributed by atoms with Crippen LogP contribution < -0.4 is 5.32 Å². The molecule has 0 aromatic carbocycles. The van der Waals surface area contributed by atoms with Crippen LogP contribution in [-0.4, -0.2) is 16.0 Å². The molecule has 0 fully saturated rings. The molecule has 0 unspecified atom stereocenters. The van der Waals surface area contributed by atoms with E-state index in [4.69, 9.17) is 4.52 Å². The molecule has 6 heteroatoms. The van der Waals surface area contributed by atoms with E-state index in [-0.39, 0.29) is 18.0 Å². The fraction of sp³-hybridized carbons (Fsp3) is 0.182. The lowest BCUT2D eigenvalue weighted by atomic mass is 10.2. The summed E-state index contributed by atoms with van der Waals surface area (Å²) in [5.41, 5.74) is 0.956. The van der Waals surface area contributed by atoms with Crippen LogP contribution in [0.1, 0.15) is 21.8 Å². The number of pyridine rings is 1. The molecule has 0 aliphatic rings. The smallest absolute Gasteiger partial charge is 0.251 e. The zero-order valence-corrected chi connectivity index (χ0v) is 9.11. The molecule has 0 radical (unpaired) electrons. The van der Waals surface area contributed by atoms with Crippen molar-refractivity contribution in [3.63, 3.8) is 0 Å². The number of aromatic nitrogens is 2. The summed E-state index contributed by atoms with van der Waals surface area (Å²) in [7, 11) is 0. The first-order chi connectivity index (χ1) is 8.15. The van der Waals surface area contributed by atoms with Gasteiger partial charge in [-0.25, -0.2) is 4.98 Å². The Bertz CT molecular complexity index is 539. The molecule has 0 saturated heterocycles. The van der Waals surface area contributed by atoms with Crippen molar-refractivity contribution in [2.45, 2.75) is 13.5 Å². The van der Waals surface area contributed by atoms with Crippen molar-refractivity contribution >= 4 is 5.91 Å². The molecule has 0 aliphatic carbocycles. The highest BCUT2D eigenvalue weighted by Crippen LogP contribution is 2.03. The number of aryl methyl sites for hydroxylation is 1. The summed E-state index contributed by atoms with van der Waals surface area (Å²) in [4.78, 5) is 15.0. The molecule has 5 nitrogen and oxygen atoms in total. The highest BCUT2D eigenvalue weighted by molar-refractivity contribution is 5.93. The molecule has 2 rings (SSSR count). The van der Waals surface area contributed by atoms with E-state index >= 15 is 0 Å². The molecule has 0 aliphatic heterocycles. The summed E-state index contributed by atoms with van der Waals surface area (Å²) < 4.78 is 17.7. The maximum Gasteiger partial charge on any atom is 0.251 e. The Balaban J connectivity index is 1.98. The van der Waals surface area contributed by atoms with Gasteiger partial charge in [-0.3, -0.25) is 4.79 Å². The average molecular weight is 235 g/mol. The van der Waals surface area contributed by atoms with Crippen molar-refractivity contribution in [2.75, 3.05) is 0 Å². The molecule has 0 atom stereocenters. The maximum absolute atomic E-state index is 12.8. The van der Waals surface area contributed by atoms with Crippen LogP contribution in [0.15, 0.2) is 28.9 Å². The van der Waals surface area contributed by atoms with Crippen LogP contribution >= 0.6 is 0 Å². The minimum atomic E-state index is -0.687. The van der Waals surface area contributed by atoms with E-state index in [9.17, 15) is 9.18 Å². The topological polar surface area (TPSA) is 68.0 Å². The predicted molar refractivity (Wildman–Crippen MR) is 56.6 cm³/mol. The van der Waals surface area contributed by atoms with Crippen molar-refractivity contribution in [3.8, 4) is 0 Å². The van der Waals surface area contributed by atoms with Gasteiger partial charge >= 0.3 is 0 Å². The summed E-state index contributed by atoms with van der Waals surface area (Å²) in [5, 5.41) is 6.27. The van der Waals surface area contributed by atoms with Gasteiger partial charge in [-0.1, -0.05) is 5.16 Å². The second kappa shape index (κ2) is 4.73. The molecule has 2 heterocycles. The van der Waals surface area contributed by atoms with Crippen molar-refractivity contribution in [2.24, 2.45) is 0 Å². The molecule has 2 aromatic rings. The van der Waals surface area contributed by atoms with E-state index in [1.807, 2.05) is 0 Å². The van der Waals surface area contributed by atoms with E-state index in [0.29, 0.717) is 5.76 Å². The van der Waals surface area contributed by atoms with Crippen LogP contribution in [0.5, 0.6) is 0 Å². The normalized spacial score (nSPS) is 10.2. The Labute approximate surface area is 96.6 Å². The Kier molecular flexibility index (Phi) is 3.13. The van der Waals surface area contributed by atoms with Gasteiger partial charge in [0.15, 0.2) is 5.76 Å². The molecular weight excluding hydrogens is 225 g/mol. The van der Waals surface area contributed by atoms with Gasteiger partial charge in [-0.05, 0) is 13.0 Å². The first-order valence-corrected chi connectivity index (χ1v) is 4.97. The summed E-state index contributed by atoms with van der Waals surface area (Å²) >= 11 is 0. The number of nitrogens with zero attached hydrogens (tertiary/aromatic N) is 2. The third-order valence-corrected chi connectivity index (χ3v) is 2.09. The number of rotatable bonds is 3. The van der Waals surface area contributed by atoms with Crippen LogP contribution in [-0.2, 0) is 6.54 Å². The standard InChI is InChI=1S/C11H10FN3O2/c1-7-4-9(17-15-7)6-14-11(16)8-2-3-13-10(12)5-8/h2-5H,6H2,1H3,(H,14,16). The van der Waals surface area contributed by atoms with Crippen LogP contribution in [0, 0.1) is 12.9 Å². The van der Waals surface area contributed by atoms with Crippen LogP contribution in [0.25, 0.3) is 0 Å². The first kappa shape index (κ1) is 11.3. The monoisotopic (exact) mass is 235 g/mol. The van der Waals surface area contributed by atoms with E-state index in [0.717, 1.165) is 11.8 Å². The Morgan fingerprint density at radius 2 is 2.35 bits per heavy atom. The van der Waals surface area contributed by atoms with Crippen molar-refractivity contribution < 1.29 is 13.7 Å². The van der Waals surface area contributed by atoms with Gasteiger partial charge in [-0.2, -0.15) is 4.39 Å². The number of hydrogen-bond acceptors (Lipinski definition) is 4. The summed E-state index contributed by atoms with van der Waals surface area (Å²) in [6, 6.07) is 4.22. The molecule has 0 saturated carbocycles. The number of halogens is 1. The van der Waals surface area contributed by atoms with E-state index < -0.39 is 5.95 Å². The molecule has 1 N–H and O–H groups in total. The summed E-state index contributed by atoms with van der Waals surface area (Å²) in [6.07, 6.45) is 1.24. The lowest BCUT2D eigenvalue weighted by molar-refractivity contribution is 0.0946. The Hall–Kier alpha value is -2.24. The van der Waals surface area contributed by atoms with Gasteiger partial charge in [0.1, 0.15) is 0 Å². The van der Waals surface area contributed by atoms with Gasteiger partial charge in [0.25, 0.3) is 5.91 Å². The van der Waals surface area contributed by atoms with Gasteiger partial charge in [0.2, 0.25) is 5.95 Å². The fourth-order valence-electron chi connectivity index (χ4n) is 1.31. The second-order valence-electron chi connectivity index (χ2n) is 3.48. The maximum atomic E-state index is 12.8. The second-order valence-corrected chi connectivity index (χ2v) is 3.48. The quantitative estimate of drug-likeness (QED) is 0.817. The van der Waals surface area contributed by atoms with Gasteiger partial charge in [0, 0.05) is 23.9 Å². The van der Waals surface area contributed by atoms with Crippen molar-refractivity contribution in [3.05, 3.63) is 47.4 Å². The predicted octanol–water partition coefficient (Wildman–Crippen LogP) is 1.45. The minimum Gasteiger partial charge on any atom is -0.359 e. The van der Waals surface area contributed by atoms with E-state index in [1.165, 1.54) is 12.3 Å². The molecule has 0 spiro atoms. The molecule has 17 heavy (non-hydrogen) atoms. The van der Waals surface area contributed by atoms with Gasteiger partial charge < -0.3 is 9.84 Å². The van der Waals surface area contributed by atoms with Crippen LogP contribution in [0.3, 0.4) is 0 Å². The molecular formula is C11H10FN3O2. The van der Waals surface area contributed by atoms with Gasteiger partial charge in [0.05, 0.1) is 12.2 Å². The number of carbonyl (C=O) groups excluding carboxylic acids is 1. The summed E-state index contributed by atoms with van der Waals surface area (Å²) in [6.45, 7) is 2.00. The summed E-state index contributed by atoms with van der Waals surface area (Å²) in [5.74, 6) is -0.529.